The van der Waals surface area contributed by atoms with E-state index in [4.69, 9.17) is 28.9 Å². The van der Waals surface area contributed by atoms with E-state index in [1.54, 1.807) is 43.3 Å². The van der Waals surface area contributed by atoms with Gasteiger partial charge in [-0.05, 0) is 61.0 Å². The quantitative estimate of drug-likeness (QED) is 0.487. The number of anilines is 2. The molecule has 0 radical (unpaired) electrons. The highest BCUT2D eigenvalue weighted by molar-refractivity contribution is 7.92. The molecule has 0 spiro atoms. The first-order chi connectivity index (χ1) is 15.5. The highest BCUT2D eigenvalue weighted by Gasteiger charge is 2.21. The smallest absolute Gasteiger partial charge is 0.255 e. The van der Waals surface area contributed by atoms with Crippen molar-refractivity contribution in [3.8, 4) is 0 Å². The van der Waals surface area contributed by atoms with Crippen LogP contribution < -0.4 is 15.4 Å². The van der Waals surface area contributed by atoms with Gasteiger partial charge in [-0.1, -0.05) is 35.3 Å². The van der Waals surface area contributed by atoms with Crippen molar-refractivity contribution >= 4 is 56.4 Å². The molecule has 0 heterocycles. The van der Waals surface area contributed by atoms with Gasteiger partial charge in [-0.2, -0.15) is 0 Å². The number of carbonyl (C=O) groups is 2. The van der Waals surface area contributed by atoms with Crippen LogP contribution in [0.3, 0.4) is 0 Å². The van der Waals surface area contributed by atoms with E-state index in [9.17, 15) is 18.0 Å². The first-order valence-electron chi connectivity index (χ1n) is 9.70. The number of halogens is 2. The molecule has 10 heteroatoms. The minimum absolute atomic E-state index is 0.0675. The molecule has 3 rings (SSSR count). The van der Waals surface area contributed by atoms with Gasteiger partial charge in [0.15, 0.2) is 0 Å². The predicted molar refractivity (Wildman–Crippen MR) is 132 cm³/mol. The highest BCUT2D eigenvalue weighted by atomic mass is 35.5. The lowest BCUT2D eigenvalue weighted by Gasteiger charge is -2.23. The Hall–Kier alpha value is -3.07. The third-order valence-electron chi connectivity index (χ3n) is 5.03. The van der Waals surface area contributed by atoms with Gasteiger partial charge in [0, 0.05) is 32.4 Å². The summed E-state index contributed by atoms with van der Waals surface area (Å²) >= 11 is 12.4. The summed E-state index contributed by atoms with van der Waals surface area (Å²) in [6, 6.07) is 15.8. The number of benzene rings is 3. The molecule has 3 aromatic carbocycles. The molecule has 0 aliphatic heterocycles. The van der Waals surface area contributed by atoms with Gasteiger partial charge in [-0.25, -0.2) is 8.42 Å². The van der Waals surface area contributed by atoms with Crippen molar-refractivity contribution in [2.45, 2.75) is 13.5 Å². The Morgan fingerprint density at radius 2 is 1.55 bits per heavy atom. The summed E-state index contributed by atoms with van der Waals surface area (Å²) in [6.07, 6.45) is 1.08. The number of nitrogens with zero attached hydrogens (tertiary/aromatic N) is 1. The van der Waals surface area contributed by atoms with Crippen LogP contribution in [0.1, 0.15) is 31.8 Å². The molecule has 0 aliphatic rings. The lowest BCUT2D eigenvalue weighted by molar-refractivity contribution is 0.0995. The number of hydrogen-bond acceptors (Lipinski definition) is 4. The summed E-state index contributed by atoms with van der Waals surface area (Å²) in [6.45, 7) is 1.62. The van der Waals surface area contributed by atoms with Crippen LogP contribution in [0, 0.1) is 6.92 Å². The molecule has 3 aromatic rings. The minimum atomic E-state index is -3.68. The highest BCUT2D eigenvalue weighted by Crippen LogP contribution is 2.29. The molecule has 0 unspecified atom stereocenters. The fourth-order valence-corrected chi connectivity index (χ4v) is 4.62. The zero-order valence-electron chi connectivity index (χ0n) is 17.8. The molecular formula is C23H21Cl2N3O4S. The molecule has 3 N–H and O–H groups in total. The monoisotopic (exact) mass is 505 g/mol. The van der Waals surface area contributed by atoms with Gasteiger partial charge in [0.1, 0.15) is 0 Å². The predicted octanol–water partition coefficient (Wildman–Crippen LogP) is 4.62. The van der Waals surface area contributed by atoms with Gasteiger partial charge < -0.3 is 11.1 Å². The van der Waals surface area contributed by atoms with E-state index in [1.807, 2.05) is 0 Å². The van der Waals surface area contributed by atoms with Crippen molar-refractivity contribution in [3.05, 3.63) is 93.0 Å². The molecule has 0 atom stereocenters. The summed E-state index contributed by atoms with van der Waals surface area (Å²) in [5.74, 6) is -1.02. The summed E-state index contributed by atoms with van der Waals surface area (Å²) in [7, 11) is -3.68. The normalized spacial score (nSPS) is 11.2. The summed E-state index contributed by atoms with van der Waals surface area (Å²) in [4.78, 5) is 24.2. The van der Waals surface area contributed by atoms with E-state index in [1.165, 1.54) is 24.3 Å². The van der Waals surface area contributed by atoms with Gasteiger partial charge in [-0.15, -0.1) is 0 Å². The third-order valence-corrected chi connectivity index (χ3v) is 6.88. The molecule has 0 aliphatic carbocycles. The molecule has 0 fully saturated rings. The van der Waals surface area contributed by atoms with E-state index < -0.39 is 21.8 Å². The average molecular weight is 506 g/mol. The van der Waals surface area contributed by atoms with E-state index in [2.05, 4.69) is 5.32 Å². The molecule has 7 nitrogen and oxygen atoms in total. The summed E-state index contributed by atoms with van der Waals surface area (Å²) in [5.41, 5.74) is 7.78. The molecule has 0 aromatic heterocycles. The molecule has 2 amide bonds. The fraction of sp³-hybridized carbons (Fsp3) is 0.130. The van der Waals surface area contributed by atoms with Gasteiger partial charge >= 0.3 is 0 Å². The van der Waals surface area contributed by atoms with Crippen LogP contribution in [0.2, 0.25) is 10.0 Å². The fourth-order valence-electron chi connectivity index (χ4n) is 3.24. The average Bonchev–Trinajstić information content (AvgIpc) is 2.74. The second-order valence-electron chi connectivity index (χ2n) is 7.31. The number of primary amides is 1. The van der Waals surface area contributed by atoms with Crippen LogP contribution in [0.25, 0.3) is 0 Å². The van der Waals surface area contributed by atoms with Crippen LogP contribution in [0.15, 0.2) is 60.7 Å². The zero-order chi connectivity index (χ0) is 24.3. The number of hydrogen-bond donors (Lipinski definition) is 2. The van der Waals surface area contributed by atoms with Crippen LogP contribution in [0.5, 0.6) is 0 Å². The van der Waals surface area contributed by atoms with Gasteiger partial charge in [-0.3, -0.25) is 13.9 Å². The summed E-state index contributed by atoms with van der Waals surface area (Å²) in [5, 5.41) is 3.44. The number of amides is 2. The van der Waals surface area contributed by atoms with Gasteiger partial charge in [0.25, 0.3) is 5.91 Å². The molecular weight excluding hydrogens is 485 g/mol. The molecule has 0 saturated carbocycles. The lowest BCUT2D eigenvalue weighted by atomic mass is 10.1. The summed E-state index contributed by atoms with van der Waals surface area (Å²) < 4.78 is 26.1. The van der Waals surface area contributed by atoms with E-state index >= 15 is 0 Å². The van der Waals surface area contributed by atoms with Gasteiger partial charge in [0.2, 0.25) is 15.9 Å². The minimum Gasteiger partial charge on any atom is -0.366 e. The standard InChI is InChI=1S/C23H21Cl2N3O4S/c1-14-17(22(26)29)5-3-8-21(14)27-23(30)15-9-11-16(12-10-15)28(33(2,31)32)13-18-19(24)6-4-7-20(18)25/h3-12H,13H2,1-2H3,(H2,26,29)(H,27,30). The lowest BCUT2D eigenvalue weighted by Crippen LogP contribution is -2.29. The molecule has 0 bridgehead atoms. The van der Waals surface area contributed by atoms with Crippen LogP contribution in [0.4, 0.5) is 11.4 Å². The van der Waals surface area contributed by atoms with Crippen LogP contribution >= 0.6 is 23.2 Å². The first-order valence-corrected chi connectivity index (χ1v) is 12.3. The Kier molecular flexibility index (Phi) is 7.31. The van der Waals surface area contributed by atoms with Crippen molar-refractivity contribution < 1.29 is 18.0 Å². The largest absolute Gasteiger partial charge is 0.366 e. The van der Waals surface area contributed by atoms with Crippen molar-refractivity contribution in [1.82, 2.24) is 0 Å². The number of rotatable bonds is 7. The molecule has 172 valence electrons. The number of nitrogens with one attached hydrogen (secondary N) is 1. The van der Waals surface area contributed by atoms with Crippen LogP contribution in [-0.2, 0) is 16.6 Å². The Bertz CT molecular complexity index is 1310. The third kappa shape index (κ3) is 5.65. The molecule has 0 saturated heterocycles. The topological polar surface area (TPSA) is 110 Å². The Balaban J connectivity index is 1.86. The molecule has 33 heavy (non-hydrogen) atoms. The van der Waals surface area contributed by atoms with Crippen molar-refractivity contribution in [2.24, 2.45) is 5.73 Å². The second-order valence-corrected chi connectivity index (χ2v) is 10.0. The zero-order valence-corrected chi connectivity index (χ0v) is 20.1. The maximum Gasteiger partial charge on any atom is 0.255 e. The Labute approximate surface area is 202 Å². The maximum absolute atomic E-state index is 12.7. The second kappa shape index (κ2) is 9.82. The Morgan fingerprint density at radius 1 is 0.970 bits per heavy atom. The Morgan fingerprint density at radius 3 is 2.09 bits per heavy atom. The number of nitrogens with two attached hydrogens (primary N) is 1. The van der Waals surface area contributed by atoms with E-state index in [-0.39, 0.29) is 6.54 Å². The van der Waals surface area contributed by atoms with Crippen molar-refractivity contribution in [1.29, 1.82) is 0 Å². The maximum atomic E-state index is 12.7. The van der Waals surface area contributed by atoms with Crippen molar-refractivity contribution in [3.63, 3.8) is 0 Å². The first kappa shape index (κ1) is 24.6. The van der Waals surface area contributed by atoms with Crippen LogP contribution in [-0.4, -0.2) is 26.5 Å². The van der Waals surface area contributed by atoms with E-state index in [0.717, 1.165) is 10.6 Å². The SMILES string of the molecule is Cc1c(NC(=O)c2ccc(N(Cc3c(Cl)cccc3Cl)S(C)(=O)=O)cc2)cccc1C(N)=O. The number of sulfonamides is 1. The van der Waals surface area contributed by atoms with Gasteiger partial charge in [0.05, 0.1) is 18.5 Å². The van der Waals surface area contributed by atoms with Crippen molar-refractivity contribution in [2.75, 3.05) is 15.9 Å². The van der Waals surface area contributed by atoms with E-state index in [0.29, 0.717) is 43.7 Å². The number of carbonyl (C=O) groups excluding carboxylic acids is 2.